The van der Waals surface area contributed by atoms with Crippen LogP contribution in [0.5, 0.6) is 5.75 Å². The Kier molecular flexibility index (Phi) is 2.84. The van der Waals surface area contributed by atoms with E-state index in [0.29, 0.717) is 5.75 Å². The van der Waals surface area contributed by atoms with Gasteiger partial charge in [0.2, 0.25) is 0 Å². The van der Waals surface area contributed by atoms with Gasteiger partial charge in [0.1, 0.15) is 5.75 Å². The van der Waals surface area contributed by atoms with Crippen molar-refractivity contribution in [3.8, 4) is 5.75 Å². The lowest BCUT2D eigenvalue weighted by Gasteiger charge is -2.07. The minimum atomic E-state index is -0.419. The van der Waals surface area contributed by atoms with Crippen LogP contribution >= 0.6 is 0 Å². The first-order valence-electron chi connectivity index (χ1n) is 3.56. The van der Waals surface area contributed by atoms with Crippen LogP contribution in [-0.4, -0.2) is 16.4 Å². The largest absolute Gasteiger partial charge is 0.427 e. The lowest BCUT2D eigenvalue weighted by molar-refractivity contribution is -0.131. The zero-order valence-corrected chi connectivity index (χ0v) is 6.97. The van der Waals surface area contributed by atoms with Crippen LogP contribution < -0.4 is 9.96 Å². The highest BCUT2D eigenvalue weighted by atomic mass is 16.8. The number of hydrogen-bond donors (Lipinski definition) is 2. The van der Waals surface area contributed by atoms with Crippen molar-refractivity contribution in [1.82, 2.24) is 0 Å². The minimum absolute atomic E-state index is 0.0163. The van der Waals surface area contributed by atoms with E-state index in [2.05, 4.69) is 0 Å². The second-order valence-corrected chi connectivity index (χ2v) is 2.38. The Morgan fingerprint density at radius 2 is 1.85 bits per heavy atom. The molecule has 0 unspecified atom stereocenters. The molecule has 0 radical (unpaired) electrons. The van der Waals surface area contributed by atoms with Crippen LogP contribution in [0.25, 0.3) is 0 Å². The van der Waals surface area contributed by atoms with Gasteiger partial charge in [-0.25, -0.2) is 0 Å². The summed E-state index contributed by atoms with van der Waals surface area (Å²) in [5, 5.41) is 17.1. The lowest BCUT2D eigenvalue weighted by Crippen LogP contribution is -2.10. The summed E-state index contributed by atoms with van der Waals surface area (Å²) >= 11 is 0. The Balaban J connectivity index is 2.75. The Hall–Kier alpha value is -1.59. The van der Waals surface area contributed by atoms with Crippen LogP contribution in [0.1, 0.15) is 6.92 Å². The normalized spacial score (nSPS) is 9.46. The molecule has 0 heterocycles. The Morgan fingerprint density at radius 3 is 2.23 bits per heavy atom. The summed E-state index contributed by atoms with van der Waals surface area (Å²) in [6.45, 7) is 1.29. The smallest absolute Gasteiger partial charge is 0.308 e. The number of benzene rings is 1. The molecule has 0 aliphatic rings. The highest BCUT2D eigenvalue weighted by Gasteiger charge is 2.00. The van der Waals surface area contributed by atoms with Gasteiger partial charge in [-0.2, -0.15) is 0 Å². The number of rotatable bonds is 2. The fourth-order valence-corrected chi connectivity index (χ4v) is 0.813. The van der Waals surface area contributed by atoms with E-state index >= 15 is 0 Å². The van der Waals surface area contributed by atoms with E-state index in [1.165, 1.54) is 31.2 Å². The number of ether oxygens (including phenoxy) is 1. The quantitative estimate of drug-likeness (QED) is 0.409. The first-order valence-corrected chi connectivity index (χ1v) is 3.56. The minimum Gasteiger partial charge on any atom is -0.427 e. The van der Waals surface area contributed by atoms with E-state index in [4.69, 9.17) is 15.2 Å². The molecule has 0 atom stereocenters. The van der Waals surface area contributed by atoms with Crippen molar-refractivity contribution in [1.29, 1.82) is 0 Å². The lowest BCUT2D eigenvalue weighted by atomic mass is 10.3. The number of carbonyl (C=O) groups is 1. The summed E-state index contributed by atoms with van der Waals surface area (Å²) in [4.78, 5) is 10.5. The van der Waals surface area contributed by atoms with E-state index in [0.717, 1.165) is 0 Å². The number of carbonyl (C=O) groups excluding carboxylic acids is 1. The van der Waals surface area contributed by atoms with E-state index in [1.54, 1.807) is 0 Å². The Bertz CT molecular complexity index is 294. The van der Waals surface area contributed by atoms with Gasteiger partial charge in [0.15, 0.2) is 0 Å². The maximum Gasteiger partial charge on any atom is 0.308 e. The highest BCUT2D eigenvalue weighted by Crippen LogP contribution is 2.17. The second-order valence-electron chi connectivity index (χ2n) is 2.38. The fourth-order valence-electron chi connectivity index (χ4n) is 0.813. The van der Waals surface area contributed by atoms with Gasteiger partial charge >= 0.3 is 5.97 Å². The van der Waals surface area contributed by atoms with Crippen LogP contribution in [0.4, 0.5) is 5.69 Å². The van der Waals surface area contributed by atoms with E-state index in [9.17, 15) is 4.79 Å². The predicted octanol–water partition coefficient (Wildman–Crippen LogP) is 1.20. The summed E-state index contributed by atoms with van der Waals surface area (Å²) < 4.78 is 4.73. The maximum atomic E-state index is 10.5. The second kappa shape index (κ2) is 3.88. The summed E-state index contributed by atoms with van der Waals surface area (Å²) in [7, 11) is 0. The molecular weight excluding hydrogens is 174 g/mol. The third-order valence-electron chi connectivity index (χ3n) is 1.33. The average Bonchev–Trinajstić information content (AvgIpc) is 2.04. The topological polar surface area (TPSA) is 70.0 Å². The number of esters is 1. The molecule has 0 saturated carbocycles. The molecule has 0 fully saturated rings. The van der Waals surface area contributed by atoms with Gasteiger partial charge in [-0.15, -0.1) is 5.23 Å². The monoisotopic (exact) mass is 183 g/mol. The van der Waals surface area contributed by atoms with E-state index < -0.39 is 5.97 Å². The Labute approximate surface area is 74.7 Å². The van der Waals surface area contributed by atoms with Gasteiger partial charge in [-0.1, -0.05) is 0 Å². The van der Waals surface area contributed by atoms with E-state index in [1.807, 2.05) is 0 Å². The number of anilines is 1. The molecule has 0 aliphatic carbocycles. The maximum absolute atomic E-state index is 10.5. The Morgan fingerprint density at radius 1 is 1.31 bits per heavy atom. The molecule has 0 amide bonds. The molecule has 5 nitrogen and oxygen atoms in total. The van der Waals surface area contributed by atoms with Crippen LogP contribution in [0.3, 0.4) is 0 Å². The average molecular weight is 183 g/mol. The number of hydrogen-bond acceptors (Lipinski definition) is 5. The van der Waals surface area contributed by atoms with Crippen LogP contribution in [-0.2, 0) is 4.79 Å². The van der Waals surface area contributed by atoms with Crippen molar-refractivity contribution in [3.63, 3.8) is 0 Å². The molecule has 0 aliphatic heterocycles. The third kappa shape index (κ3) is 2.73. The molecule has 2 N–H and O–H groups in total. The summed E-state index contributed by atoms with van der Waals surface area (Å²) in [5.41, 5.74) is 0.191. The summed E-state index contributed by atoms with van der Waals surface area (Å²) in [6.07, 6.45) is 0. The molecular formula is C8H9NO4. The molecule has 0 saturated heterocycles. The zero-order valence-electron chi connectivity index (χ0n) is 6.97. The molecule has 1 aromatic carbocycles. The molecule has 0 spiro atoms. The van der Waals surface area contributed by atoms with Crippen molar-refractivity contribution >= 4 is 11.7 Å². The SMILES string of the molecule is CC(=O)Oc1ccc(N(O)O)cc1. The van der Waals surface area contributed by atoms with Crippen molar-refractivity contribution in [3.05, 3.63) is 24.3 Å². The van der Waals surface area contributed by atoms with Gasteiger partial charge < -0.3 is 4.74 Å². The van der Waals surface area contributed by atoms with Gasteiger partial charge in [0.05, 0.1) is 5.69 Å². The summed E-state index contributed by atoms with van der Waals surface area (Å²) in [6, 6.07) is 5.71. The molecule has 13 heavy (non-hydrogen) atoms. The highest BCUT2D eigenvalue weighted by molar-refractivity contribution is 5.69. The van der Waals surface area contributed by atoms with Crippen molar-refractivity contribution in [2.75, 3.05) is 5.23 Å². The molecule has 0 aromatic heterocycles. The van der Waals surface area contributed by atoms with Crippen LogP contribution in [0.2, 0.25) is 0 Å². The summed E-state index contributed by atoms with van der Waals surface area (Å²) in [5.74, 6) is -0.0595. The van der Waals surface area contributed by atoms with Crippen LogP contribution in [0, 0.1) is 0 Å². The molecule has 1 rings (SSSR count). The first-order chi connectivity index (χ1) is 6.09. The van der Waals surface area contributed by atoms with Gasteiger partial charge in [0, 0.05) is 6.92 Å². The zero-order chi connectivity index (χ0) is 9.84. The third-order valence-corrected chi connectivity index (χ3v) is 1.33. The predicted molar refractivity (Wildman–Crippen MR) is 43.8 cm³/mol. The standard InChI is InChI=1S/C8H9NO4/c1-6(10)13-8-4-2-7(3-5-8)9(11)12/h2-5,11-12H,1H3. The van der Waals surface area contributed by atoms with Crippen molar-refractivity contribution in [2.24, 2.45) is 0 Å². The molecule has 5 heteroatoms. The molecule has 70 valence electrons. The molecule has 1 aromatic rings. The van der Waals surface area contributed by atoms with Crippen molar-refractivity contribution < 1.29 is 19.9 Å². The number of nitrogens with zero attached hydrogens (tertiary/aromatic N) is 1. The fraction of sp³-hybridized carbons (Fsp3) is 0.125. The first kappa shape index (κ1) is 9.50. The molecule has 0 bridgehead atoms. The van der Waals surface area contributed by atoms with Crippen molar-refractivity contribution in [2.45, 2.75) is 6.92 Å². The van der Waals surface area contributed by atoms with Gasteiger partial charge in [-0.05, 0) is 24.3 Å². The van der Waals surface area contributed by atoms with E-state index in [-0.39, 0.29) is 10.9 Å². The van der Waals surface area contributed by atoms with Gasteiger partial charge in [0.25, 0.3) is 0 Å². The van der Waals surface area contributed by atoms with Gasteiger partial charge in [-0.3, -0.25) is 15.2 Å². The van der Waals surface area contributed by atoms with Crippen LogP contribution in [0.15, 0.2) is 24.3 Å².